The second-order valence-corrected chi connectivity index (χ2v) is 6.68. The monoisotopic (exact) mass is 336 g/mol. The zero-order valence-corrected chi connectivity index (χ0v) is 13.9. The van der Waals surface area contributed by atoms with Gasteiger partial charge in [-0.3, -0.25) is 9.59 Å². The van der Waals surface area contributed by atoms with Crippen molar-refractivity contribution in [1.82, 2.24) is 10.2 Å². The van der Waals surface area contributed by atoms with Crippen LogP contribution in [0.3, 0.4) is 0 Å². The highest BCUT2D eigenvalue weighted by atomic mass is 32.2. The molecular weight excluding hydrogens is 320 g/mol. The maximum absolute atomic E-state index is 11.9. The van der Waals surface area contributed by atoms with E-state index >= 15 is 0 Å². The first kappa shape index (κ1) is 16.4. The van der Waals surface area contributed by atoms with Crippen molar-refractivity contribution in [2.24, 2.45) is 0 Å². The number of aryl methyl sites for hydroxylation is 1. The van der Waals surface area contributed by atoms with Crippen LogP contribution in [-0.2, 0) is 9.59 Å². The van der Waals surface area contributed by atoms with Crippen LogP contribution in [0.5, 0.6) is 0 Å². The van der Waals surface area contributed by atoms with Crippen molar-refractivity contribution < 1.29 is 9.59 Å². The van der Waals surface area contributed by atoms with Crippen LogP contribution in [0.1, 0.15) is 18.9 Å². The lowest BCUT2D eigenvalue weighted by molar-refractivity contribution is -0.116. The Morgan fingerprint density at radius 1 is 1.14 bits per heavy atom. The Balaban J connectivity index is 1.81. The van der Waals surface area contributed by atoms with Gasteiger partial charge in [-0.05, 0) is 19.1 Å². The SMILES string of the molecule is CCC(=O)Nc1nnc(SCC(=O)Nc2ccc(C)cc2)s1. The molecule has 0 aliphatic rings. The summed E-state index contributed by atoms with van der Waals surface area (Å²) in [6.07, 6.45) is 0.390. The summed E-state index contributed by atoms with van der Waals surface area (Å²) < 4.78 is 0.644. The molecule has 0 atom stereocenters. The molecule has 2 N–H and O–H groups in total. The van der Waals surface area contributed by atoms with Crippen LogP contribution in [0, 0.1) is 6.92 Å². The highest BCUT2D eigenvalue weighted by Gasteiger charge is 2.09. The number of aromatic nitrogens is 2. The maximum atomic E-state index is 11.9. The van der Waals surface area contributed by atoms with Crippen LogP contribution < -0.4 is 10.6 Å². The lowest BCUT2D eigenvalue weighted by Gasteiger charge is -2.04. The number of hydrogen-bond acceptors (Lipinski definition) is 6. The summed E-state index contributed by atoms with van der Waals surface area (Å²) in [6.45, 7) is 3.76. The fourth-order valence-electron chi connectivity index (χ4n) is 1.49. The minimum Gasteiger partial charge on any atom is -0.325 e. The molecule has 116 valence electrons. The Morgan fingerprint density at radius 2 is 1.86 bits per heavy atom. The molecule has 2 rings (SSSR count). The number of thioether (sulfide) groups is 1. The number of carbonyl (C=O) groups excluding carboxylic acids is 2. The Morgan fingerprint density at radius 3 is 2.55 bits per heavy atom. The molecule has 22 heavy (non-hydrogen) atoms. The molecule has 2 amide bonds. The Bertz CT molecular complexity index is 655. The molecule has 0 spiro atoms. The molecule has 0 saturated heterocycles. The number of amides is 2. The second-order valence-electron chi connectivity index (χ2n) is 4.48. The van der Waals surface area contributed by atoms with Crippen LogP contribution in [0.15, 0.2) is 28.6 Å². The van der Waals surface area contributed by atoms with Gasteiger partial charge in [0.25, 0.3) is 0 Å². The van der Waals surface area contributed by atoms with Gasteiger partial charge < -0.3 is 10.6 Å². The van der Waals surface area contributed by atoms with Crippen LogP contribution in [0.2, 0.25) is 0 Å². The van der Waals surface area contributed by atoms with E-state index in [-0.39, 0.29) is 17.6 Å². The van der Waals surface area contributed by atoms with Crippen molar-refractivity contribution in [1.29, 1.82) is 0 Å². The van der Waals surface area contributed by atoms with Crippen molar-refractivity contribution in [3.8, 4) is 0 Å². The summed E-state index contributed by atoms with van der Waals surface area (Å²) in [6, 6.07) is 7.61. The number of nitrogens with zero attached hydrogens (tertiary/aromatic N) is 2. The number of nitrogens with one attached hydrogen (secondary N) is 2. The summed E-state index contributed by atoms with van der Waals surface area (Å²) in [5.74, 6) is 0.0255. The highest BCUT2D eigenvalue weighted by Crippen LogP contribution is 2.25. The summed E-state index contributed by atoms with van der Waals surface area (Å²) in [7, 11) is 0. The van der Waals surface area contributed by atoms with Gasteiger partial charge in [-0.2, -0.15) is 0 Å². The first-order valence-electron chi connectivity index (χ1n) is 6.69. The van der Waals surface area contributed by atoms with E-state index in [0.717, 1.165) is 11.3 Å². The fourth-order valence-corrected chi connectivity index (χ4v) is 3.06. The molecule has 0 aliphatic carbocycles. The average molecular weight is 336 g/mol. The summed E-state index contributed by atoms with van der Waals surface area (Å²) >= 11 is 2.54. The quantitative estimate of drug-likeness (QED) is 0.626. The fraction of sp³-hybridized carbons (Fsp3) is 0.286. The van der Waals surface area contributed by atoms with Crippen LogP contribution in [0.25, 0.3) is 0 Å². The molecule has 0 fully saturated rings. The van der Waals surface area contributed by atoms with Crippen molar-refractivity contribution >= 4 is 45.7 Å². The Labute approximate surface area is 136 Å². The van der Waals surface area contributed by atoms with E-state index in [2.05, 4.69) is 20.8 Å². The first-order chi connectivity index (χ1) is 10.6. The molecular formula is C14H16N4O2S2. The van der Waals surface area contributed by atoms with Crippen LogP contribution in [-0.4, -0.2) is 27.8 Å². The molecule has 8 heteroatoms. The molecule has 1 aromatic heterocycles. The van der Waals surface area contributed by atoms with Crippen molar-refractivity contribution in [3.63, 3.8) is 0 Å². The Hall–Kier alpha value is -1.93. The van der Waals surface area contributed by atoms with Gasteiger partial charge in [-0.25, -0.2) is 0 Å². The number of hydrogen-bond donors (Lipinski definition) is 2. The molecule has 0 unspecified atom stereocenters. The van der Waals surface area contributed by atoms with Gasteiger partial charge in [0.05, 0.1) is 5.75 Å². The number of benzene rings is 1. The zero-order valence-electron chi connectivity index (χ0n) is 12.3. The van der Waals surface area contributed by atoms with Crippen molar-refractivity contribution in [2.45, 2.75) is 24.6 Å². The van der Waals surface area contributed by atoms with E-state index in [1.807, 2.05) is 31.2 Å². The van der Waals surface area contributed by atoms with E-state index < -0.39 is 0 Å². The van der Waals surface area contributed by atoms with Gasteiger partial charge in [-0.1, -0.05) is 47.7 Å². The number of anilines is 2. The Kier molecular flexibility index (Phi) is 5.91. The van der Waals surface area contributed by atoms with Crippen LogP contribution >= 0.6 is 23.1 Å². The molecule has 1 aromatic carbocycles. The minimum absolute atomic E-state index is 0.107. The normalized spacial score (nSPS) is 10.3. The smallest absolute Gasteiger partial charge is 0.234 e. The van der Waals surface area contributed by atoms with E-state index in [1.54, 1.807) is 6.92 Å². The molecule has 1 heterocycles. The van der Waals surface area contributed by atoms with Crippen molar-refractivity contribution in [2.75, 3.05) is 16.4 Å². The zero-order chi connectivity index (χ0) is 15.9. The van der Waals surface area contributed by atoms with E-state index in [9.17, 15) is 9.59 Å². The molecule has 6 nitrogen and oxygen atoms in total. The summed E-state index contributed by atoms with van der Waals surface area (Å²) in [4.78, 5) is 23.1. The van der Waals surface area contributed by atoms with Crippen molar-refractivity contribution in [3.05, 3.63) is 29.8 Å². The molecule has 0 bridgehead atoms. The predicted molar refractivity (Wildman–Crippen MR) is 89.4 cm³/mol. The van der Waals surface area contributed by atoms with Gasteiger partial charge in [0.15, 0.2) is 4.34 Å². The number of carbonyl (C=O) groups is 2. The van der Waals surface area contributed by atoms with Crippen LogP contribution in [0.4, 0.5) is 10.8 Å². The molecule has 0 aliphatic heterocycles. The van der Waals surface area contributed by atoms with E-state index in [1.165, 1.54) is 23.1 Å². The predicted octanol–water partition coefficient (Wildman–Crippen LogP) is 2.93. The van der Waals surface area contributed by atoms with Gasteiger partial charge in [0.1, 0.15) is 0 Å². The lowest BCUT2D eigenvalue weighted by atomic mass is 10.2. The third-order valence-corrected chi connectivity index (χ3v) is 4.61. The van der Waals surface area contributed by atoms with E-state index in [0.29, 0.717) is 15.9 Å². The topological polar surface area (TPSA) is 84.0 Å². The summed E-state index contributed by atoms with van der Waals surface area (Å²) in [5, 5.41) is 13.7. The van der Waals surface area contributed by atoms with Gasteiger partial charge in [0, 0.05) is 12.1 Å². The highest BCUT2D eigenvalue weighted by molar-refractivity contribution is 8.01. The first-order valence-corrected chi connectivity index (χ1v) is 8.49. The largest absolute Gasteiger partial charge is 0.325 e. The minimum atomic E-state index is -0.108. The van der Waals surface area contributed by atoms with Gasteiger partial charge >= 0.3 is 0 Å². The lowest BCUT2D eigenvalue weighted by Crippen LogP contribution is -2.13. The van der Waals surface area contributed by atoms with Gasteiger partial charge in [-0.15, -0.1) is 10.2 Å². The average Bonchev–Trinajstić information content (AvgIpc) is 2.95. The number of rotatable bonds is 6. The molecule has 0 saturated carbocycles. The molecule has 2 aromatic rings. The third-order valence-electron chi connectivity index (χ3n) is 2.64. The van der Waals surface area contributed by atoms with Gasteiger partial charge in [0.2, 0.25) is 16.9 Å². The standard InChI is InChI=1S/C14H16N4O2S2/c1-3-11(19)16-13-17-18-14(22-13)21-8-12(20)15-10-6-4-9(2)5-7-10/h4-7H,3,8H2,1-2H3,(H,15,20)(H,16,17,19). The van der Waals surface area contributed by atoms with E-state index in [4.69, 9.17) is 0 Å². The third kappa shape index (κ3) is 5.12. The summed E-state index contributed by atoms with van der Waals surface area (Å²) in [5.41, 5.74) is 1.91. The second kappa shape index (κ2) is 7.90. The molecule has 0 radical (unpaired) electrons. The maximum Gasteiger partial charge on any atom is 0.234 e.